The van der Waals surface area contributed by atoms with Crippen LogP contribution in [0.15, 0.2) is 54.9 Å². The third-order valence-corrected chi connectivity index (χ3v) is 5.77. The molecule has 0 aliphatic carbocycles. The van der Waals surface area contributed by atoms with Gasteiger partial charge in [-0.05, 0) is 51.9 Å². The van der Waals surface area contributed by atoms with Gasteiger partial charge in [0.2, 0.25) is 5.88 Å². The summed E-state index contributed by atoms with van der Waals surface area (Å²) >= 11 is 6.13. The summed E-state index contributed by atoms with van der Waals surface area (Å²) in [5.74, 6) is 1.40. The third-order valence-electron chi connectivity index (χ3n) is 5.53. The number of hydrogen-bond donors (Lipinski definition) is 1. The molecule has 1 N–H and O–H groups in total. The molecule has 34 heavy (non-hydrogen) atoms. The number of benzene rings is 2. The van der Waals surface area contributed by atoms with E-state index in [0.29, 0.717) is 41.9 Å². The number of halogens is 2. The van der Waals surface area contributed by atoms with Crippen LogP contribution < -0.4 is 14.8 Å². The van der Waals surface area contributed by atoms with Gasteiger partial charge < -0.3 is 9.47 Å². The van der Waals surface area contributed by atoms with Crippen LogP contribution in [-0.4, -0.2) is 49.9 Å². The van der Waals surface area contributed by atoms with Crippen LogP contribution in [0.1, 0.15) is 28.7 Å². The molecule has 2 aromatic heterocycles. The van der Waals surface area contributed by atoms with Gasteiger partial charge in [0.15, 0.2) is 5.82 Å². The van der Waals surface area contributed by atoms with E-state index < -0.39 is 6.04 Å². The smallest absolute Gasteiger partial charge is 0.237 e. The Morgan fingerprint density at radius 1 is 1.21 bits per heavy atom. The lowest BCUT2D eigenvalue weighted by molar-refractivity contribution is 0.222. The number of tetrazole rings is 1. The largest absolute Gasteiger partial charge is 0.488 e. The summed E-state index contributed by atoms with van der Waals surface area (Å²) in [4.78, 5) is 8.78. The highest BCUT2D eigenvalue weighted by molar-refractivity contribution is 6.30. The molecule has 2 aromatic carbocycles. The van der Waals surface area contributed by atoms with Gasteiger partial charge in [0.25, 0.3) is 0 Å². The van der Waals surface area contributed by atoms with Gasteiger partial charge in [-0.15, -0.1) is 5.10 Å². The predicted molar refractivity (Wildman–Crippen MR) is 121 cm³/mol. The number of methoxy groups -OCH3 is 1. The zero-order valence-electron chi connectivity index (χ0n) is 18.2. The standard InChI is InChI=1S/C23H21ClFN7O2/c1-33-23-21(26-8-9-27-23)20(28-12-18-11-15-10-16(24)4-7-19(15)34-18)22-29-30-31-32(22)13-14-2-5-17(25)6-3-14/h2-10,18,20,28H,11-13H2,1H3. The molecular formula is C23H21ClFN7O2. The van der Waals surface area contributed by atoms with Gasteiger partial charge in [-0.25, -0.2) is 14.1 Å². The van der Waals surface area contributed by atoms with Crippen molar-refractivity contribution in [1.29, 1.82) is 0 Å². The van der Waals surface area contributed by atoms with Crippen molar-refractivity contribution in [1.82, 2.24) is 35.5 Å². The first-order valence-electron chi connectivity index (χ1n) is 10.6. The Hall–Kier alpha value is -3.63. The normalized spacial score (nSPS) is 15.6. The van der Waals surface area contributed by atoms with Crippen LogP contribution in [0.5, 0.6) is 11.6 Å². The lowest BCUT2D eigenvalue weighted by Crippen LogP contribution is -2.35. The van der Waals surface area contributed by atoms with Gasteiger partial charge in [0.1, 0.15) is 29.4 Å². The van der Waals surface area contributed by atoms with E-state index in [1.807, 2.05) is 18.2 Å². The molecule has 1 aliphatic heterocycles. The summed E-state index contributed by atoms with van der Waals surface area (Å²) in [5, 5.41) is 16.4. The van der Waals surface area contributed by atoms with Gasteiger partial charge in [-0.1, -0.05) is 23.7 Å². The fourth-order valence-corrected chi connectivity index (χ4v) is 4.14. The van der Waals surface area contributed by atoms with Gasteiger partial charge in [-0.2, -0.15) is 0 Å². The SMILES string of the molecule is COc1nccnc1C(NCC1Cc2cc(Cl)ccc2O1)c1nnnn1Cc1ccc(F)cc1. The minimum Gasteiger partial charge on any atom is -0.488 e. The maximum atomic E-state index is 13.3. The van der Waals surface area contributed by atoms with Crippen LogP contribution in [0.4, 0.5) is 4.39 Å². The number of nitrogens with zero attached hydrogens (tertiary/aromatic N) is 6. The van der Waals surface area contributed by atoms with Crippen LogP contribution in [0, 0.1) is 5.82 Å². The van der Waals surface area contributed by atoms with E-state index in [2.05, 4.69) is 30.8 Å². The third kappa shape index (κ3) is 4.68. The Bertz CT molecular complexity index is 1280. The number of aromatic nitrogens is 6. The van der Waals surface area contributed by atoms with Gasteiger partial charge in [0.05, 0.1) is 13.7 Å². The fraction of sp³-hybridized carbons (Fsp3) is 0.261. The van der Waals surface area contributed by atoms with Crippen molar-refractivity contribution in [3.8, 4) is 11.6 Å². The average molecular weight is 482 g/mol. The molecular weight excluding hydrogens is 461 g/mol. The Balaban J connectivity index is 1.41. The molecule has 11 heteroatoms. The van der Waals surface area contributed by atoms with Crippen molar-refractivity contribution < 1.29 is 13.9 Å². The fourth-order valence-electron chi connectivity index (χ4n) is 3.95. The predicted octanol–water partition coefficient (Wildman–Crippen LogP) is 3.00. The second-order valence-corrected chi connectivity index (χ2v) is 8.25. The molecule has 9 nitrogen and oxygen atoms in total. The molecule has 2 unspecified atom stereocenters. The first-order valence-corrected chi connectivity index (χ1v) is 11.0. The first kappa shape index (κ1) is 22.2. The average Bonchev–Trinajstić information content (AvgIpc) is 3.47. The van der Waals surface area contributed by atoms with E-state index in [-0.39, 0.29) is 11.9 Å². The van der Waals surface area contributed by atoms with Crippen molar-refractivity contribution >= 4 is 11.6 Å². The molecule has 3 heterocycles. The van der Waals surface area contributed by atoms with Crippen LogP contribution in [0.3, 0.4) is 0 Å². The zero-order chi connectivity index (χ0) is 23.5. The lowest BCUT2D eigenvalue weighted by Gasteiger charge is -2.21. The van der Waals surface area contributed by atoms with Crippen molar-refractivity contribution in [3.63, 3.8) is 0 Å². The van der Waals surface area contributed by atoms with Gasteiger partial charge in [0, 0.05) is 30.4 Å². The topological polar surface area (TPSA) is 99.9 Å². The number of fused-ring (bicyclic) bond motifs is 1. The number of hydrogen-bond acceptors (Lipinski definition) is 8. The summed E-state index contributed by atoms with van der Waals surface area (Å²) < 4.78 is 26.5. The van der Waals surface area contributed by atoms with Gasteiger partial charge >= 0.3 is 0 Å². The molecule has 0 amide bonds. The summed E-state index contributed by atoms with van der Waals surface area (Å²) in [6, 6.07) is 11.3. The summed E-state index contributed by atoms with van der Waals surface area (Å²) in [7, 11) is 1.53. The molecule has 174 valence electrons. The van der Waals surface area contributed by atoms with E-state index in [0.717, 1.165) is 16.9 Å². The highest BCUT2D eigenvalue weighted by Crippen LogP contribution is 2.32. The molecule has 0 fully saturated rings. The molecule has 0 radical (unpaired) electrons. The highest BCUT2D eigenvalue weighted by Gasteiger charge is 2.29. The molecule has 4 aromatic rings. The quantitative estimate of drug-likeness (QED) is 0.410. The van der Waals surface area contributed by atoms with Gasteiger partial charge in [-0.3, -0.25) is 10.3 Å². The van der Waals surface area contributed by atoms with E-state index in [1.54, 1.807) is 29.2 Å². The Kier molecular flexibility index (Phi) is 6.33. The van der Waals surface area contributed by atoms with E-state index >= 15 is 0 Å². The van der Waals surface area contributed by atoms with Crippen LogP contribution in [0.2, 0.25) is 5.02 Å². The van der Waals surface area contributed by atoms with Crippen molar-refractivity contribution in [2.75, 3.05) is 13.7 Å². The maximum absolute atomic E-state index is 13.3. The molecule has 0 spiro atoms. The second kappa shape index (κ2) is 9.70. The summed E-state index contributed by atoms with van der Waals surface area (Å²) in [6.07, 6.45) is 3.75. The number of nitrogens with one attached hydrogen (secondary N) is 1. The zero-order valence-corrected chi connectivity index (χ0v) is 19.0. The van der Waals surface area contributed by atoms with E-state index in [4.69, 9.17) is 21.1 Å². The minimum atomic E-state index is -0.532. The number of rotatable bonds is 8. The molecule has 2 atom stereocenters. The first-order chi connectivity index (χ1) is 16.6. The second-order valence-electron chi connectivity index (χ2n) is 7.81. The molecule has 0 saturated carbocycles. The Morgan fingerprint density at radius 3 is 2.85 bits per heavy atom. The summed E-state index contributed by atoms with van der Waals surface area (Å²) in [5.41, 5.74) is 2.46. The monoisotopic (exact) mass is 481 g/mol. The van der Waals surface area contributed by atoms with Crippen LogP contribution in [-0.2, 0) is 13.0 Å². The highest BCUT2D eigenvalue weighted by atomic mass is 35.5. The summed E-state index contributed by atoms with van der Waals surface area (Å²) in [6.45, 7) is 0.841. The van der Waals surface area contributed by atoms with Crippen LogP contribution >= 0.6 is 11.6 Å². The maximum Gasteiger partial charge on any atom is 0.237 e. The Morgan fingerprint density at radius 2 is 2.03 bits per heavy atom. The lowest BCUT2D eigenvalue weighted by atomic mass is 10.1. The molecule has 0 bridgehead atoms. The van der Waals surface area contributed by atoms with Crippen molar-refractivity contribution in [3.05, 3.63) is 88.3 Å². The van der Waals surface area contributed by atoms with E-state index in [1.165, 1.54) is 19.2 Å². The Labute approximate surface area is 199 Å². The minimum absolute atomic E-state index is 0.111. The number of ether oxygens (including phenoxy) is 2. The van der Waals surface area contributed by atoms with Crippen molar-refractivity contribution in [2.24, 2.45) is 0 Å². The molecule has 0 saturated heterocycles. The van der Waals surface area contributed by atoms with Crippen LogP contribution in [0.25, 0.3) is 0 Å². The molecule has 1 aliphatic rings. The van der Waals surface area contributed by atoms with E-state index in [9.17, 15) is 4.39 Å². The molecule has 5 rings (SSSR count). The van der Waals surface area contributed by atoms with Crippen molar-refractivity contribution in [2.45, 2.75) is 25.1 Å².